The Labute approximate surface area is 148 Å². The van der Waals surface area contributed by atoms with E-state index in [1.54, 1.807) is 19.3 Å². The summed E-state index contributed by atoms with van der Waals surface area (Å²) < 4.78 is 28.1. The Morgan fingerprint density at radius 3 is 2.81 bits per heavy atom. The lowest BCUT2D eigenvalue weighted by atomic mass is 10.2. The minimum atomic E-state index is -0.547. The SMILES string of the molecule is COc1cccc(/C=C/C(=O)OCc2nc(-c3ccc(F)cc3)no2)c1. The molecule has 6 nitrogen and oxygen atoms in total. The maximum atomic E-state index is 12.9. The summed E-state index contributed by atoms with van der Waals surface area (Å²) >= 11 is 0. The van der Waals surface area contributed by atoms with Gasteiger partial charge in [-0.1, -0.05) is 17.3 Å². The van der Waals surface area contributed by atoms with Gasteiger partial charge in [-0.05, 0) is 48.0 Å². The smallest absolute Gasteiger partial charge is 0.331 e. The number of rotatable bonds is 6. The summed E-state index contributed by atoms with van der Waals surface area (Å²) in [6.07, 6.45) is 2.91. The van der Waals surface area contributed by atoms with Gasteiger partial charge in [-0.3, -0.25) is 0 Å². The molecule has 0 atom stereocenters. The molecule has 0 N–H and O–H groups in total. The monoisotopic (exact) mass is 354 g/mol. The molecule has 132 valence electrons. The van der Waals surface area contributed by atoms with E-state index in [9.17, 15) is 9.18 Å². The molecular weight excluding hydrogens is 339 g/mol. The molecule has 0 aliphatic carbocycles. The zero-order valence-corrected chi connectivity index (χ0v) is 13.9. The van der Waals surface area contributed by atoms with Crippen LogP contribution in [0.4, 0.5) is 4.39 Å². The van der Waals surface area contributed by atoms with Crippen LogP contribution in [0.5, 0.6) is 5.75 Å². The van der Waals surface area contributed by atoms with Gasteiger partial charge in [-0.2, -0.15) is 4.98 Å². The van der Waals surface area contributed by atoms with Gasteiger partial charge < -0.3 is 14.0 Å². The Bertz CT molecular complexity index is 919. The Hall–Kier alpha value is -3.48. The molecule has 2 aromatic carbocycles. The van der Waals surface area contributed by atoms with Crippen molar-refractivity contribution >= 4 is 12.0 Å². The first kappa shape index (κ1) is 17.3. The molecule has 0 aliphatic rings. The van der Waals surface area contributed by atoms with Gasteiger partial charge in [0.05, 0.1) is 7.11 Å². The minimum absolute atomic E-state index is 0.146. The van der Waals surface area contributed by atoms with Gasteiger partial charge in [0.15, 0.2) is 6.61 Å². The van der Waals surface area contributed by atoms with Crippen molar-refractivity contribution in [1.82, 2.24) is 10.1 Å². The number of halogens is 1. The zero-order chi connectivity index (χ0) is 18.4. The maximum absolute atomic E-state index is 12.9. The molecule has 3 aromatic rings. The fourth-order valence-corrected chi connectivity index (χ4v) is 2.12. The van der Waals surface area contributed by atoms with Gasteiger partial charge in [0.25, 0.3) is 5.89 Å². The van der Waals surface area contributed by atoms with Crippen molar-refractivity contribution in [3.8, 4) is 17.1 Å². The van der Waals surface area contributed by atoms with E-state index in [1.165, 1.54) is 30.3 Å². The highest BCUT2D eigenvalue weighted by molar-refractivity contribution is 5.87. The Kier molecular flexibility index (Phi) is 5.38. The maximum Gasteiger partial charge on any atom is 0.331 e. The van der Waals surface area contributed by atoms with Crippen LogP contribution in [0.15, 0.2) is 59.1 Å². The molecule has 0 spiro atoms. The Morgan fingerprint density at radius 2 is 2.04 bits per heavy atom. The van der Waals surface area contributed by atoms with E-state index >= 15 is 0 Å². The molecule has 0 aliphatic heterocycles. The third-order valence-electron chi connectivity index (χ3n) is 3.41. The standard InChI is InChI=1S/C19H15FN2O4/c1-24-16-4-2-3-13(11-16)5-10-18(23)25-12-17-21-19(22-26-17)14-6-8-15(20)9-7-14/h2-11H,12H2,1H3/b10-5+. The van der Waals surface area contributed by atoms with Crippen LogP contribution in [0.2, 0.25) is 0 Å². The van der Waals surface area contributed by atoms with Gasteiger partial charge in [0.2, 0.25) is 5.82 Å². The van der Waals surface area contributed by atoms with Crippen LogP contribution in [0.1, 0.15) is 11.5 Å². The lowest BCUT2D eigenvalue weighted by Gasteiger charge is -2.00. The van der Waals surface area contributed by atoms with E-state index in [4.69, 9.17) is 14.0 Å². The van der Waals surface area contributed by atoms with E-state index in [2.05, 4.69) is 10.1 Å². The number of benzene rings is 2. The van der Waals surface area contributed by atoms with E-state index in [0.717, 1.165) is 5.56 Å². The van der Waals surface area contributed by atoms with Crippen LogP contribution in [0.25, 0.3) is 17.5 Å². The van der Waals surface area contributed by atoms with Crippen molar-refractivity contribution < 1.29 is 23.2 Å². The summed E-state index contributed by atoms with van der Waals surface area (Å²) in [6.45, 7) is -0.157. The van der Waals surface area contributed by atoms with E-state index < -0.39 is 5.97 Å². The summed E-state index contributed by atoms with van der Waals surface area (Å²) in [7, 11) is 1.57. The lowest BCUT2D eigenvalue weighted by Crippen LogP contribution is -2.01. The third-order valence-corrected chi connectivity index (χ3v) is 3.41. The number of esters is 1. The predicted octanol–water partition coefficient (Wildman–Crippen LogP) is 3.64. The Morgan fingerprint density at radius 1 is 1.23 bits per heavy atom. The summed E-state index contributed by atoms with van der Waals surface area (Å²) in [5.41, 5.74) is 1.41. The molecule has 7 heteroatoms. The lowest BCUT2D eigenvalue weighted by molar-refractivity contribution is -0.139. The first-order chi connectivity index (χ1) is 12.6. The summed E-state index contributed by atoms with van der Waals surface area (Å²) in [5, 5.41) is 3.77. The average Bonchev–Trinajstić information content (AvgIpc) is 3.14. The molecule has 0 bridgehead atoms. The molecule has 0 fully saturated rings. The number of ether oxygens (including phenoxy) is 2. The van der Waals surface area contributed by atoms with Crippen LogP contribution in [0, 0.1) is 5.82 Å². The number of carbonyl (C=O) groups is 1. The normalized spacial score (nSPS) is 10.8. The van der Waals surface area contributed by atoms with E-state index in [0.29, 0.717) is 17.1 Å². The number of hydrogen-bond acceptors (Lipinski definition) is 6. The number of methoxy groups -OCH3 is 1. The van der Waals surface area contributed by atoms with Crippen molar-refractivity contribution in [3.63, 3.8) is 0 Å². The highest BCUT2D eigenvalue weighted by Crippen LogP contribution is 2.17. The molecule has 1 heterocycles. The van der Waals surface area contributed by atoms with Crippen molar-refractivity contribution in [1.29, 1.82) is 0 Å². The topological polar surface area (TPSA) is 74.5 Å². The Balaban J connectivity index is 1.56. The molecule has 0 saturated carbocycles. The molecule has 0 radical (unpaired) electrons. The average molecular weight is 354 g/mol. The molecule has 0 amide bonds. The first-order valence-corrected chi connectivity index (χ1v) is 7.71. The van der Waals surface area contributed by atoms with Gasteiger partial charge in [-0.25, -0.2) is 9.18 Å². The number of aromatic nitrogens is 2. The molecule has 1 aromatic heterocycles. The van der Waals surface area contributed by atoms with Crippen molar-refractivity contribution in [2.75, 3.05) is 7.11 Å². The number of carbonyl (C=O) groups excluding carboxylic acids is 1. The molecule has 0 unspecified atom stereocenters. The second-order valence-corrected chi connectivity index (χ2v) is 5.24. The summed E-state index contributed by atoms with van der Waals surface area (Å²) in [4.78, 5) is 15.9. The zero-order valence-electron chi connectivity index (χ0n) is 13.9. The van der Waals surface area contributed by atoms with Crippen molar-refractivity contribution in [2.24, 2.45) is 0 Å². The minimum Gasteiger partial charge on any atom is -0.497 e. The highest BCUT2D eigenvalue weighted by atomic mass is 19.1. The van der Waals surface area contributed by atoms with Gasteiger partial charge in [0, 0.05) is 11.6 Å². The van der Waals surface area contributed by atoms with Crippen LogP contribution < -0.4 is 4.74 Å². The molecule has 26 heavy (non-hydrogen) atoms. The van der Waals surface area contributed by atoms with E-state index in [-0.39, 0.29) is 18.3 Å². The van der Waals surface area contributed by atoms with Crippen LogP contribution in [-0.2, 0) is 16.1 Å². The molecule has 0 saturated heterocycles. The van der Waals surface area contributed by atoms with Crippen molar-refractivity contribution in [2.45, 2.75) is 6.61 Å². The quantitative estimate of drug-likeness (QED) is 0.497. The second kappa shape index (κ2) is 8.06. The van der Waals surface area contributed by atoms with Gasteiger partial charge in [-0.15, -0.1) is 0 Å². The first-order valence-electron chi connectivity index (χ1n) is 7.71. The van der Waals surface area contributed by atoms with Crippen molar-refractivity contribution in [3.05, 3.63) is 71.9 Å². The van der Waals surface area contributed by atoms with Crippen LogP contribution >= 0.6 is 0 Å². The van der Waals surface area contributed by atoms with Crippen LogP contribution in [0.3, 0.4) is 0 Å². The third kappa shape index (κ3) is 4.54. The van der Waals surface area contributed by atoms with Gasteiger partial charge in [0.1, 0.15) is 11.6 Å². The second-order valence-electron chi connectivity index (χ2n) is 5.24. The van der Waals surface area contributed by atoms with Gasteiger partial charge >= 0.3 is 5.97 Å². The fourth-order valence-electron chi connectivity index (χ4n) is 2.12. The molecular formula is C19H15FN2O4. The molecule has 3 rings (SSSR count). The summed E-state index contributed by atoms with van der Waals surface area (Å²) in [5.74, 6) is 0.235. The van der Waals surface area contributed by atoms with Crippen LogP contribution in [-0.4, -0.2) is 23.2 Å². The van der Waals surface area contributed by atoms with E-state index in [1.807, 2.05) is 18.2 Å². The predicted molar refractivity (Wildman–Crippen MR) is 91.5 cm³/mol. The largest absolute Gasteiger partial charge is 0.497 e. The number of hydrogen-bond donors (Lipinski definition) is 0. The summed E-state index contributed by atoms with van der Waals surface area (Å²) in [6, 6.07) is 12.9. The highest BCUT2D eigenvalue weighted by Gasteiger charge is 2.10. The number of nitrogens with zero attached hydrogens (tertiary/aromatic N) is 2. The fraction of sp³-hybridized carbons (Fsp3) is 0.105.